The van der Waals surface area contributed by atoms with Crippen LogP contribution in [0.2, 0.25) is 0 Å². The molecule has 0 bridgehead atoms. The quantitative estimate of drug-likeness (QED) is 0.519. The second-order valence-corrected chi connectivity index (χ2v) is 5.07. The third-order valence-corrected chi connectivity index (χ3v) is 3.02. The number of benzene rings is 1. The van der Waals surface area contributed by atoms with E-state index in [2.05, 4.69) is 4.99 Å². The summed E-state index contributed by atoms with van der Waals surface area (Å²) in [6.07, 6.45) is -0.132. The molecular formula is C15H21N3O3. The zero-order valence-electron chi connectivity index (χ0n) is 12.4. The number of nitrogens with zero attached hydrogens (tertiary/aromatic N) is 2. The Labute approximate surface area is 124 Å². The van der Waals surface area contributed by atoms with Crippen LogP contribution < -0.4 is 5.73 Å². The molecule has 1 fully saturated rings. The molecule has 0 aromatic heterocycles. The lowest BCUT2D eigenvalue weighted by Crippen LogP contribution is -2.44. The molecule has 1 aliphatic rings. The first-order valence-electron chi connectivity index (χ1n) is 7.04. The molecule has 6 heteroatoms. The molecule has 0 unspecified atom stereocenters. The summed E-state index contributed by atoms with van der Waals surface area (Å²) in [6.45, 7) is 6.45. The largest absolute Gasteiger partial charge is 0.459 e. The average Bonchev–Trinajstić information content (AvgIpc) is 2.48. The lowest BCUT2D eigenvalue weighted by molar-refractivity contribution is 0.0378. The topological polar surface area (TPSA) is 77.1 Å². The van der Waals surface area contributed by atoms with Crippen molar-refractivity contribution in [1.82, 2.24) is 4.90 Å². The van der Waals surface area contributed by atoms with Crippen molar-refractivity contribution >= 4 is 17.6 Å². The zero-order chi connectivity index (χ0) is 15.2. The summed E-state index contributed by atoms with van der Waals surface area (Å²) >= 11 is 0. The van der Waals surface area contributed by atoms with Crippen LogP contribution in [0.4, 0.5) is 5.69 Å². The van der Waals surface area contributed by atoms with E-state index in [1.165, 1.54) is 0 Å². The predicted octanol–water partition coefficient (Wildman–Crippen LogP) is 1.53. The number of guanidine groups is 1. The highest BCUT2D eigenvalue weighted by atomic mass is 16.5. The van der Waals surface area contributed by atoms with Gasteiger partial charge in [0.25, 0.3) is 0 Å². The summed E-state index contributed by atoms with van der Waals surface area (Å²) < 4.78 is 10.4. The number of nitrogens with two attached hydrogens (primary N) is 1. The fourth-order valence-corrected chi connectivity index (χ4v) is 1.95. The van der Waals surface area contributed by atoms with E-state index in [4.69, 9.17) is 15.2 Å². The number of morpholine rings is 1. The molecule has 0 atom stereocenters. The van der Waals surface area contributed by atoms with Gasteiger partial charge < -0.3 is 20.1 Å². The number of carbonyl (C=O) groups is 1. The van der Waals surface area contributed by atoms with Crippen molar-refractivity contribution in [2.45, 2.75) is 20.0 Å². The maximum absolute atomic E-state index is 11.7. The third-order valence-electron chi connectivity index (χ3n) is 3.02. The normalized spacial score (nSPS) is 16.1. The summed E-state index contributed by atoms with van der Waals surface area (Å²) in [5.41, 5.74) is 7.19. The number of aliphatic imine (C=N–C) groups is 1. The van der Waals surface area contributed by atoms with Gasteiger partial charge in [-0.15, -0.1) is 0 Å². The van der Waals surface area contributed by atoms with Crippen LogP contribution in [0.15, 0.2) is 29.3 Å². The van der Waals surface area contributed by atoms with E-state index in [1.54, 1.807) is 24.3 Å². The number of rotatable bonds is 3. The molecule has 21 heavy (non-hydrogen) atoms. The van der Waals surface area contributed by atoms with Crippen LogP contribution in [0.5, 0.6) is 0 Å². The number of esters is 1. The van der Waals surface area contributed by atoms with Crippen molar-refractivity contribution in [2.24, 2.45) is 10.7 Å². The second-order valence-electron chi connectivity index (χ2n) is 5.07. The molecule has 1 saturated heterocycles. The van der Waals surface area contributed by atoms with Crippen molar-refractivity contribution in [3.05, 3.63) is 29.8 Å². The van der Waals surface area contributed by atoms with E-state index in [1.807, 2.05) is 18.7 Å². The van der Waals surface area contributed by atoms with Gasteiger partial charge in [0.1, 0.15) is 0 Å². The number of ether oxygens (including phenoxy) is 2. The Morgan fingerprint density at radius 2 is 1.90 bits per heavy atom. The minimum Gasteiger partial charge on any atom is -0.459 e. The summed E-state index contributed by atoms with van der Waals surface area (Å²) in [5.74, 6) is 0.137. The summed E-state index contributed by atoms with van der Waals surface area (Å²) in [6, 6.07) is 6.89. The summed E-state index contributed by atoms with van der Waals surface area (Å²) in [7, 11) is 0. The van der Waals surface area contributed by atoms with Crippen molar-refractivity contribution in [1.29, 1.82) is 0 Å². The van der Waals surface area contributed by atoms with Gasteiger partial charge in [-0.1, -0.05) is 0 Å². The van der Waals surface area contributed by atoms with E-state index in [-0.39, 0.29) is 12.1 Å². The minimum absolute atomic E-state index is 0.132. The first-order chi connectivity index (χ1) is 10.1. The Morgan fingerprint density at radius 1 is 1.29 bits per heavy atom. The molecule has 1 aromatic carbocycles. The van der Waals surface area contributed by atoms with Crippen LogP contribution in [0, 0.1) is 0 Å². The van der Waals surface area contributed by atoms with Gasteiger partial charge in [-0.3, -0.25) is 0 Å². The van der Waals surface area contributed by atoms with Crippen molar-refractivity contribution in [2.75, 3.05) is 26.3 Å². The van der Waals surface area contributed by atoms with Crippen molar-refractivity contribution < 1.29 is 14.3 Å². The van der Waals surface area contributed by atoms with Crippen LogP contribution in [0.3, 0.4) is 0 Å². The van der Waals surface area contributed by atoms with E-state index in [0.717, 1.165) is 13.1 Å². The van der Waals surface area contributed by atoms with E-state index < -0.39 is 0 Å². The van der Waals surface area contributed by atoms with Crippen molar-refractivity contribution in [3.8, 4) is 0 Å². The van der Waals surface area contributed by atoms with E-state index in [9.17, 15) is 4.79 Å². The van der Waals surface area contributed by atoms with Crippen LogP contribution in [0.1, 0.15) is 24.2 Å². The summed E-state index contributed by atoms with van der Waals surface area (Å²) in [5, 5.41) is 0. The van der Waals surface area contributed by atoms with Gasteiger partial charge in [-0.05, 0) is 38.1 Å². The Kier molecular flexibility index (Phi) is 5.16. The molecule has 0 radical (unpaired) electrons. The first-order valence-corrected chi connectivity index (χ1v) is 7.04. The minimum atomic E-state index is -0.332. The Balaban J connectivity index is 2.02. The van der Waals surface area contributed by atoms with E-state index in [0.29, 0.717) is 30.4 Å². The fraction of sp³-hybridized carbons (Fsp3) is 0.467. The Morgan fingerprint density at radius 3 is 2.48 bits per heavy atom. The van der Waals surface area contributed by atoms with Crippen molar-refractivity contribution in [3.63, 3.8) is 0 Å². The third kappa shape index (κ3) is 4.46. The van der Waals surface area contributed by atoms with Crippen LogP contribution in [-0.4, -0.2) is 49.2 Å². The van der Waals surface area contributed by atoms with Gasteiger partial charge in [0.05, 0.1) is 30.6 Å². The lowest BCUT2D eigenvalue weighted by Gasteiger charge is -2.27. The monoisotopic (exact) mass is 291 g/mol. The molecule has 1 aliphatic heterocycles. The van der Waals surface area contributed by atoms with Gasteiger partial charge in [-0.2, -0.15) is 0 Å². The second kappa shape index (κ2) is 7.08. The molecule has 1 aromatic rings. The van der Waals surface area contributed by atoms with E-state index >= 15 is 0 Å². The highest BCUT2D eigenvalue weighted by Crippen LogP contribution is 2.15. The van der Waals surface area contributed by atoms with Gasteiger partial charge >= 0.3 is 5.97 Å². The Bertz CT molecular complexity index is 505. The maximum atomic E-state index is 11.7. The number of hydrogen-bond donors (Lipinski definition) is 1. The fourth-order valence-electron chi connectivity index (χ4n) is 1.95. The van der Waals surface area contributed by atoms with Gasteiger partial charge in [-0.25, -0.2) is 9.79 Å². The molecule has 0 amide bonds. The molecule has 2 rings (SSSR count). The summed E-state index contributed by atoms with van der Waals surface area (Å²) in [4.78, 5) is 18.1. The van der Waals surface area contributed by atoms with Gasteiger partial charge in [0.15, 0.2) is 5.96 Å². The standard InChI is InChI=1S/C15H21N3O3/c1-11(2)21-14(19)12-3-5-13(6-4-12)17-15(16)18-7-9-20-10-8-18/h3-6,11H,7-10H2,1-2H3,(H2,16,17). The number of hydrogen-bond acceptors (Lipinski definition) is 4. The highest BCUT2D eigenvalue weighted by Gasteiger charge is 2.13. The van der Waals surface area contributed by atoms with Gasteiger partial charge in [0, 0.05) is 13.1 Å². The van der Waals surface area contributed by atoms with Crippen LogP contribution in [0.25, 0.3) is 0 Å². The number of carbonyl (C=O) groups excluding carboxylic acids is 1. The zero-order valence-corrected chi connectivity index (χ0v) is 12.4. The molecular weight excluding hydrogens is 270 g/mol. The lowest BCUT2D eigenvalue weighted by atomic mass is 10.2. The molecule has 0 spiro atoms. The van der Waals surface area contributed by atoms with Crippen LogP contribution in [-0.2, 0) is 9.47 Å². The molecule has 6 nitrogen and oxygen atoms in total. The van der Waals surface area contributed by atoms with Crippen LogP contribution >= 0.6 is 0 Å². The average molecular weight is 291 g/mol. The highest BCUT2D eigenvalue weighted by molar-refractivity contribution is 5.90. The van der Waals surface area contributed by atoms with Gasteiger partial charge in [0.2, 0.25) is 0 Å². The molecule has 0 saturated carbocycles. The SMILES string of the molecule is CC(C)OC(=O)c1ccc(N=C(N)N2CCOCC2)cc1. The molecule has 114 valence electrons. The smallest absolute Gasteiger partial charge is 0.338 e. The Hall–Kier alpha value is -2.08. The molecule has 0 aliphatic carbocycles. The molecule has 2 N–H and O–H groups in total. The maximum Gasteiger partial charge on any atom is 0.338 e. The molecule has 1 heterocycles. The predicted molar refractivity (Wildman–Crippen MR) is 80.7 cm³/mol. The first kappa shape index (κ1) is 15.3.